The Balaban J connectivity index is 2.23. The lowest BCUT2D eigenvalue weighted by molar-refractivity contribution is 0.0987. The zero-order valence-electron chi connectivity index (χ0n) is 8.19. The maximum Gasteiger partial charge on any atom is 0.186 e. The van der Waals surface area contributed by atoms with Crippen LogP contribution < -0.4 is 0 Å². The number of ketones is 1. The summed E-state index contributed by atoms with van der Waals surface area (Å²) in [5.74, 6) is -0.0604. The minimum atomic E-state index is -0.609. The molecule has 0 fully saturated rings. The van der Waals surface area contributed by atoms with Crippen LogP contribution in [0.25, 0.3) is 0 Å². The fourth-order valence-electron chi connectivity index (χ4n) is 1.36. The van der Waals surface area contributed by atoms with Gasteiger partial charge >= 0.3 is 0 Å². The van der Waals surface area contributed by atoms with Crippen LogP contribution in [0.3, 0.4) is 0 Å². The van der Waals surface area contributed by atoms with Gasteiger partial charge in [0.05, 0.1) is 3.79 Å². The molecule has 0 spiro atoms. The molecule has 1 atom stereocenters. The molecule has 2 rings (SSSR count). The van der Waals surface area contributed by atoms with Crippen LogP contribution in [0.1, 0.15) is 21.3 Å². The lowest BCUT2D eigenvalue weighted by Crippen LogP contribution is -2.06. The van der Waals surface area contributed by atoms with E-state index in [1.54, 1.807) is 6.07 Å². The van der Waals surface area contributed by atoms with E-state index in [1.165, 1.54) is 11.3 Å². The van der Waals surface area contributed by atoms with Crippen molar-refractivity contribution in [3.05, 3.63) is 56.7 Å². The average Bonchev–Trinajstić information content (AvgIpc) is 2.75. The molecule has 1 aromatic carbocycles. The van der Waals surface area contributed by atoms with Gasteiger partial charge in [0.25, 0.3) is 0 Å². The molecule has 1 aromatic heterocycles. The Bertz CT molecular complexity index is 495. The molecule has 0 radical (unpaired) electrons. The molecule has 1 heterocycles. The van der Waals surface area contributed by atoms with E-state index >= 15 is 0 Å². The summed E-state index contributed by atoms with van der Waals surface area (Å²) < 4.78 is 0.938. The summed E-state index contributed by atoms with van der Waals surface area (Å²) in [6, 6.07) is 11.2. The van der Waals surface area contributed by atoms with Crippen LogP contribution in [0.4, 0.5) is 0 Å². The van der Waals surface area contributed by atoms with E-state index in [0.717, 1.165) is 9.35 Å². The number of carbonyl (C=O) groups is 1. The number of thiophene rings is 1. The Kier molecular flexibility index (Phi) is 3.79. The largest absolute Gasteiger partial charge is 0.292 e. The van der Waals surface area contributed by atoms with Crippen molar-refractivity contribution in [2.24, 2.45) is 0 Å². The molecule has 0 bridgehead atoms. The van der Waals surface area contributed by atoms with E-state index in [1.807, 2.05) is 35.7 Å². The predicted octanol–water partition coefficient (Wildman–Crippen LogP) is 4.67. The predicted molar refractivity (Wildman–Crippen MR) is 71.4 cm³/mol. The standard InChI is InChI=1S/C12H8BrClOS/c13-10-6-9(7-16-10)12(15)11(14)8-4-2-1-3-5-8/h1-7,11H. The maximum atomic E-state index is 12.0. The van der Waals surface area contributed by atoms with Gasteiger partial charge in [-0.1, -0.05) is 30.3 Å². The van der Waals surface area contributed by atoms with Gasteiger partial charge < -0.3 is 0 Å². The molecular weight excluding hydrogens is 308 g/mol. The maximum absolute atomic E-state index is 12.0. The molecule has 0 aliphatic carbocycles. The molecule has 0 saturated carbocycles. The fraction of sp³-hybridized carbons (Fsp3) is 0.0833. The lowest BCUT2D eigenvalue weighted by Gasteiger charge is -2.06. The summed E-state index contributed by atoms with van der Waals surface area (Å²) in [4.78, 5) is 12.0. The Morgan fingerprint density at radius 3 is 2.56 bits per heavy atom. The van der Waals surface area contributed by atoms with E-state index in [9.17, 15) is 4.79 Å². The van der Waals surface area contributed by atoms with Crippen molar-refractivity contribution < 1.29 is 4.79 Å². The minimum Gasteiger partial charge on any atom is -0.292 e. The van der Waals surface area contributed by atoms with Gasteiger partial charge in [-0.2, -0.15) is 0 Å². The molecule has 0 aliphatic heterocycles. The van der Waals surface area contributed by atoms with Crippen molar-refractivity contribution in [3.8, 4) is 0 Å². The zero-order chi connectivity index (χ0) is 11.5. The SMILES string of the molecule is O=C(c1csc(Br)c1)C(Cl)c1ccccc1. The quantitative estimate of drug-likeness (QED) is 0.594. The molecule has 1 nitrogen and oxygen atoms in total. The van der Waals surface area contributed by atoms with Crippen molar-refractivity contribution in [3.63, 3.8) is 0 Å². The lowest BCUT2D eigenvalue weighted by atomic mass is 10.1. The van der Waals surface area contributed by atoms with Gasteiger partial charge in [0.15, 0.2) is 5.78 Å². The number of hydrogen-bond acceptors (Lipinski definition) is 2. The van der Waals surface area contributed by atoms with E-state index in [2.05, 4.69) is 15.9 Å². The average molecular weight is 316 g/mol. The molecule has 0 aliphatic rings. The summed E-state index contributed by atoms with van der Waals surface area (Å²) in [6.07, 6.45) is 0. The zero-order valence-corrected chi connectivity index (χ0v) is 11.3. The smallest absolute Gasteiger partial charge is 0.186 e. The van der Waals surface area contributed by atoms with Gasteiger partial charge in [-0.05, 0) is 27.6 Å². The number of hydrogen-bond donors (Lipinski definition) is 0. The van der Waals surface area contributed by atoms with Crippen molar-refractivity contribution >= 4 is 44.7 Å². The van der Waals surface area contributed by atoms with Gasteiger partial charge in [0, 0.05) is 10.9 Å². The first-order valence-corrected chi connectivity index (χ1v) is 6.76. The molecule has 82 valence electrons. The van der Waals surface area contributed by atoms with Gasteiger partial charge in [-0.15, -0.1) is 22.9 Å². The second-order valence-corrected chi connectivity index (χ2v) is 6.00. The highest BCUT2D eigenvalue weighted by Gasteiger charge is 2.19. The summed E-state index contributed by atoms with van der Waals surface area (Å²) >= 11 is 11.0. The molecular formula is C12H8BrClOS. The molecule has 0 saturated heterocycles. The van der Waals surface area contributed by atoms with Gasteiger partial charge in [0.1, 0.15) is 5.38 Å². The van der Waals surface area contributed by atoms with Crippen molar-refractivity contribution in [1.29, 1.82) is 0 Å². The first kappa shape index (κ1) is 11.8. The molecule has 16 heavy (non-hydrogen) atoms. The number of rotatable bonds is 3. The number of benzene rings is 1. The Hall–Kier alpha value is -0.640. The van der Waals surface area contributed by atoms with Gasteiger partial charge in [0.2, 0.25) is 0 Å². The van der Waals surface area contributed by atoms with Crippen LogP contribution in [-0.4, -0.2) is 5.78 Å². The van der Waals surface area contributed by atoms with Crippen LogP contribution >= 0.6 is 38.9 Å². The highest BCUT2D eigenvalue weighted by atomic mass is 79.9. The summed E-state index contributed by atoms with van der Waals surface area (Å²) in [7, 11) is 0. The number of Topliss-reactive ketones (excluding diaryl/α,β-unsaturated/α-hetero) is 1. The Labute approximate surface area is 111 Å². The van der Waals surface area contributed by atoms with E-state index < -0.39 is 5.38 Å². The second kappa shape index (κ2) is 5.13. The summed E-state index contributed by atoms with van der Waals surface area (Å²) in [6.45, 7) is 0. The number of halogens is 2. The van der Waals surface area contributed by atoms with E-state index in [4.69, 9.17) is 11.6 Å². The van der Waals surface area contributed by atoms with Crippen molar-refractivity contribution in [1.82, 2.24) is 0 Å². The van der Waals surface area contributed by atoms with Crippen molar-refractivity contribution in [2.45, 2.75) is 5.38 Å². The van der Waals surface area contributed by atoms with Crippen LogP contribution in [0.5, 0.6) is 0 Å². The highest BCUT2D eigenvalue weighted by Crippen LogP contribution is 2.28. The normalized spacial score (nSPS) is 12.4. The third-order valence-corrected chi connectivity index (χ3v) is 4.13. The molecule has 4 heteroatoms. The Morgan fingerprint density at radius 1 is 1.31 bits per heavy atom. The van der Waals surface area contributed by atoms with Crippen LogP contribution in [0, 0.1) is 0 Å². The third-order valence-electron chi connectivity index (χ3n) is 2.17. The van der Waals surface area contributed by atoms with Gasteiger partial charge in [-0.25, -0.2) is 0 Å². The fourth-order valence-corrected chi connectivity index (χ4v) is 2.78. The first-order valence-electron chi connectivity index (χ1n) is 4.66. The number of alkyl halides is 1. The highest BCUT2D eigenvalue weighted by molar-refractivity contribution is 9.11. The third kappa shape index (κ3) is 2.54. The second-order valence-electron chi connectivity index (χ2n) is 3.28. The topological polar surface area (TPSA) is 17.1 Å². The van der Waals surface area contributed by atoms with Crippen LogP contribution in [0.2, 0.25) is 0 Å². The minimum absolute atomic E-state index is 0.0604. The molecule has 0 amide bonds. The molecule has 1 unspecified atom stereocenters. The summed E-state index contributed by atoms with van der Waals surface area (Å²) in [5.41, 5.74) is 1.48. The first-order chi connectivity index (χ1) is 7.68. The monoisotopic (exact) mass is 314 g/mol. The molecule has 2 aromatic rings. The van der Waals surface area contributed by atoms with Crippen molar-refractivity contribution in [2.75, 3.05) is 0 Å². The van der Waals surface area contributed by atoms with E-state index in [-0.39, 0.29) is 5.78 Å². The van der Waals surface area contributed by atoms with E-state index in [0.29, 0.717) is 5.56 Å². The Morgan fingerprint density at radius 2 is 2.00 bits per heavy atom. The van der Waals surface area contributed by atoms with Gasteiger partial charge in [-0.3, -0.25) is 4.79 Å². The summed E-state index contributed by atoms with van der Waals surface area (Å²) in [5, 5.41) is 1.20. The number of carbonyl (C=O) groups excluding carboxylic acids is 1. The molecule has 0 N–H and O–H groups in total. The van der Waals surface area contributed by atoms with Crippen LogP contribution in [-0.2, 0) is 0 Å². The van der Waals surface area contributed by atoms with Crippen LogP contribution in [0.15, 0.2) is 45.6 Å².